The Balaban J connectivity index is 0.00000240. The predicted octanol–water partition coefficient (Wildman–Crippen LogP) is 2.72. The number of hydrogen-bond acceptors (Lipinski definition) is 4. The molecule has 1 aromatic carbocycles. The number of aromatic nitrogens is 3. The summed E-state index contributed by atoms with van der Waals surface area (Å²) in [5.74, 6) is 1.86. The zero-order valence-electron chi connectivity index (χ0n) is 16.7. The van der Waals surface area contributed by atoms with Crippen LogP contribution in [0.1, 0.15) is 18.7 Å². The second-order valence-electron chi connectivity index (χ2n) is 7.06. The zero-order chi connectivity index (χ0) is 19.2. The molecule has 8 heteroatoms. The van der Waals surface area contributed by atoms with Crippen LogP contribution in [0.4, 0.5) is 5.69 Å². The van der Waals surface area contributed by atoms with Crippen LogP contribution < -0.4 is 15.5 Å². The standard InChI is InChI=1S/C21H27N7.HI/c1-22-21(24-17-12-15-27(16-17)18-8-3-2-4-9-18)23-13-7-11-20-26-25-19-10-5-6-14-28(19)20;/h2-6,8-10,14,17H,7,11-13,15-16H2,1H3,(H2,22,23,24);1H. The van der Waals surface area contributed by atoms with E-state index in [1.165, 1.54) is 5.69 Å². The van der Waals surface area contributed by atoms with E-state index in [1.807, 2.05) is 35.8 Å². The highest BCUT2D eigenvalue weighted by molar-refractivity contribution is 14.0. The summed E-state index contributed by atoms with van der Waals surface area (Å²) < 4.78 is 2.05. The Kier molecular flexibility index (Phi) is 7.68. The number of rotatable bonds is 6. The minimum Gasteiger partial charge on any atom is -0.369 e. The van der Waals surface area contributed by atoms with E-state index in [9.17, 15) is 0 Å². The number of halogens is 1. The quantitative estimate of drug-likeness (QED) is 0.234. The summed E-state index contributed by atoms with van der Waals surface area (Å²) in [5, 5.41) is 15.5. The maximum absolute atomic E-state index is 4.38. The first kappa shape index (κ1) is 21.4. The van der Waals surface area contributed by atoms with Gasteiger partial charge in [-0.3, -0.25) is 9.39 Å². The SMILES string of the molecule is CN=C(NCCCc1nnc2ccccn12)NC1CCN(c2ccccc2)C1.I. The maximum atomic E-state index is 4.38. The van der Waals surface area contributed by atoms with E-state index in [1.54, 1.807) is 0 Å². The molecule has 3 aromatic rings. The van der Waals surface area contributed by atoms with Gasteiger partial charge in [0, 0.05) is 51.0 Å². The fourth-order valence-electron chi connectivity index (χ4n) is 3.65. The van der Waals surface area contributed by atoms with Crippen LogP contribution in [0.15, 0.2) is 59.7 Å². The van der Waals surface area contributed by atoms with Crippen LogP contribution in [-0.2, 0) is 6.42 Å². The van der Waals surface area contributed by atoms with Crippen LogP contribution in [0.25, 0.3) is 5.65 Å². The lowest BCUT2D eigenvalue weighted by atomic mass is 10.2. The van der Waals surface area contributed by atoms with Crippen molar-refractivity contribution in [3.63, 3.8) is 0 Å². The van der Waals surface area contributed by atoms with Gasteiger partial charge in [0.05, 0.1) is 0 Å². The van der Waals surface area contributed by atoms with E-state index >= 15 is 0 Å². The smallest absolute Gasteiger partial charge is 0.191 e. The molecule has 1 aliphatic rings. The second-order valence-corrected chi connectivity index (χ2v) is 7.06. The third kappa shape index (κ3) is 5.37. The van der Waals surface area contributed by atoms with Gasteiger partial charge in [-0.1, -0.05) is 24.3 Å². The molecular weight excluding hydrogens is 477 g/mol. The summed E-state index contributed by atoms with van der Waals surface area (Å²) in [6, 6.07) is 16.9. The number of nitrogens with one attached hydrogen (secondary N) is 2. The normalized spacial score (nSPS) is 16.7. The Bertz CT molecular complexity index is 925. The van der Waals surface area contributed by atoms with Gasteiger partial charge in [-0.25, -0.2) is 0 Å². The zero-order valence-corrected chi connectivity index (χ0v) is 19.0. The minimum absolute atomic E-state index is 0. The summed E-state index contributed by atoms with van der Waals surface area (Å²) in [6.07, 6.45) is 4.97. The molecule has 4 rings (SSSR count). The first-order valence-electron chi connectivity index (χ1n) is 9.89. The summed E-state index contributed by atoms with van der Waals surface area (Å²) in [4.78, 5) is 6.79. The number of anilines is 1. The van der Waals surface area contributed by atoms with Crippen LogP contribution in [0.2, 0.25) is 0 Å². The Morgan fingerprint density at radius 2 is 1.97 bits per heavy atom. The fourth-order valence-corrected chi connectivity index (χ4v) is 3.65. The van der Waals surface area contributed by atoms with E-state index in [-0.39, 0.29) is 24.0 Å². The minimum atomic E-state index is 0. The summed E-state index contributed by atoms with van der Waals surface area (Å²) in [7, 11) is 1.82. The number of aryl methyl sites for hydroxylation is 1. The number of guanidine groups is 1. The van der Waals surface area contributed by atoms with Gasteiger partial charge >= 0.3 is 0 Å². The molecule has 0 spiro atoms. The molecule has 3 heterocycles. The highest BCUT2D eigenvalue weighted by atomic mass is 127. The van der Waals surface area contributed by atoms with E-state index in [4.69, 9.17) is 0 Å². The molecule has 0 aliphatic carbocycles. The van der Waals surface area contributed by atoms with Crippen LogP contribution >= 0.6 is 24.0 Å². The Morgan fingerprint density at radius 3 is 2.79 bits per heavy atom. The van der Waals surface area contributed by atoms with E-state index < -0.39 is 0 Å². The molecule has 0 amide bonds. The number of nitrogens with zero attached hydrogens (tertiary/aromatic N) is 5. The maximum Gasteiger partial charge on any atom is 0.191 e. The van der Waals surface area contributed by atoms with Crippen molar-refractivity contribution in [2.45, 2.75) is 25.3 Å². The average molecular weight is 505 g/mol. The summed E-state index contributed by atoms with van der Waals surface area (Å²) >= 11 is 0. The molecule has 1 aliphatic heterocycles. The average Bonchev–Trinajstić information content (AvgIpc) is 3.38. The summed E-state index contributed by atoms with van der Waals surface area (Å²) in [5.41, 5.74) is 2.18. The van der Waals surface area contributed by atoms with Crippen molar-refractivity contribution in [2.24, 2.45) is 4.99 Å². The molecule has 1 unspecified atom stereocenters. The van der Waals surface area contributed by atoms with Gasteiger partial charge in [0.1, 0.15) is 5.82 Å². The van der Waals surface area contributed by atoms with Crippen LogP contribution in [0, 0.1) is 0 Å². The Labute approximate surface area is 188 Å². The largest absolute Gasteiger partial charge is 0.369 e. The summed E-state index contributed by atoms with van der Waals surface area (Å²) in [6.45, 7) is 2.91. The van der Waals surface area contributed by atoms with Crippen LogP contribution in [-0.4, -0.2) is 53.3 Å². The van der Waals surface area contributed by atoms with Gasteiger partial charge in [-0.15, -0.1) is 34.2 Å². The van der Waals surface area contributed by atoms with Gasteiger partial charge in [-0.05, 0) is 37.1 Å². The third-order valence-electron chi connectivity index (χ3n) is 5.13. The lowest BCUT2D eigenvalue weighted by Crippen LogP contribution is -2.44. The van der Waals surface area contributed by atoms with Crippen LogP contribution in [0.3, 0.4) is 0 Å². The van der Waals surface area contributed by atoms with Crippen molar-refractivity contribution in [3.05, 3.63) is 60.6 Å². The van der Waals surface area contributed by atoms with Crippen molar-refractivity contribution in [3.8, 4) is 0 Å². The second kappa shape index (κ2) is 10.4. The number of para-hydroxylation sites is 1. The molecule has 1 saturated heterocycles. The van der Waals surface area contributed by atoms with Gasteiger partial charge in [0.25, 0.3) is 0 Å². The number of aliphatic imine (C=N–C) groups is 1. The predicted molar refractivity (Wildman–Crippen MR) is 128 cm³/mol. The number of pyridine rings is 1. The number of benzene rings is 1. The molecule has 2 aromatic heterocycles. The fraction of sp³-hybridized carbons (Fsp3) is 0.381. The Morgan fingerprint density at radius 1 is 1.14 bits per heavy atom. The molecule has 29 heavy (non-hydrogen) atoms. The van der Waals surface area contributed by atoms with Gasteiger partial charge in [0.2, 0.25) is 0 Å². The van der Waals surface area contributed by atoms with Gasteiger partial charge < -0.3 is 15.5 Å². The monoisotopic (exact) mass is 505 g/mol. The van der Waals surface area contributed by atoms with Crippen molar-refractivity contribution in [1.82, 2.24) is 25.2 Å². The van der Waals surface area contributed by atoms with Crippen molar-refractivity contribution >= 4 is 41.3 Å². The Hall–Kier alpha value is -2.36. The van der Waals surface area contributed by atoms with Crippen molar-refractivity contribution in [1.29, 1.82) is 0 Å². The highest BCUT2D eigenvalue weighted by Crippen LogP contribution is 2.19. The number of hydrogen-bond donors (Lipinski definition) is 2. The van der Waals surface area contributed by atoms with Crippen molar-refractivity contribution < 1.29 is 0 Å². The molecule has 0 saturated carbocycles. The molecule has 2 N–H and O–H groups in total. The molecule has 1 atom stereocenters. The molecule has 154 valence electrons. The molecule has 0 bridgehead atoms. The van der Waals surface area contributed by atoms with E-state index in [0.717, 1.165) is 56.3 Å². The molecule has 1 fully saturated rings. The van der Waals surface area contributed by atoms with Crippen LogP contribution in [0.5, 0.6) is 0 Å². The lowest BCUT2D eigenvalue weighted by molar-refractivity contribution is 0.640. The van der Waals surface area contributed by atoms with E-state index in [0.29, 0.717) is 6.04 Å². The van der Waals surface area contributed by atoms with Gasteiger partial charge in [0.15, 0.2) is 11.6 Å². The number of fused-ring (bicyclic) bond motifs is 1. The highest BCUT2D eigenvalue weighted by Gasteiger charge is 2.23. The third-order valence-corrected chi connectivity index (χ3v) is 5.13. The topological polar surface area (TPSA) is 69.8 Å². The van der Waals surface area contributed by atoms with Gasteiger partial charge in [-0.2, -0.15) is 0 Å². The molecule has 7 nitrogen and oxygen atoms in total. The first-order chi connectivity index (χ1) is 13.8. The van der Waals surface area contributed by atoms with E-state index in [2.05, 4.69) is 61.1 Å². The first-order valence-corrected chi connectivity index (χ1v) is 9.89. The van der Waals surface area contributed by atoms with Crippen molar-refractivity contribution in [2.75, 3.05) is 31.6 Å². The molecule has 0 radical (unpaired) electrons. The lowest BCUT2D eigenvalue weighted by Gasteiger charge is -2.20. The molecular formula is C21H28IN7.